The number of thioether (sulfide) groups is 1. The number of primary amides is 1. The number of carbonyl (C=O) groups is 1. The molecule has 0 aliphatic heterocycles. The topological polar surface area (TPSA) is 84.7 Å². The van der Waals surface area contributed by atoms with Gasteiger partial charge in [0, 0.05) is 16.0 Å². The molecular weight excluding hydrogens is 332 g/mol. The van der Waals surface area contributed by atoms with Crippen molar-refractivity contribution in [3.8, 4) is 23.0 Å². The van der Waals surface area contributed by atoms with Gasteiger partial charge in [-0.3, -0.25) is 4.79 Å². The Labute approximate surface area is 150 Å². The Hall–Kier alpha value is -3.04. The number of hydrogen-bond acceptors (Lipinski definition) is 4. The van der Waals surface area contributed by atoms with Crippen LogP contribution in [0, 0.1) is 18.3 Å². The zero-order valence-electron chi connectivity index (χ0n) is 13.9. The zero-order chi connectivity index (χ0) is 18.0. The normalized spacial score (nSPS) is 10.4. The van der Waals surface area contributed by atoms with E-state index in [1.54, 1.807) is 40.7 Å². The molecule has 0 saturated heterocycles. The molecule has 0 aliphatic carbocycles. The van der Waals surface area contributed by atoms with Gasteiger partial charge in [0.05, 0.1) is 23.0 Å². The molecule has 6 heteroatoms. The predicted molar refractivity (Wildman–Crippen MR) is 98.8 cm³/mol. The summed E-state index contributed by atoms with van der Waals surface area (Å²) >= 11 is 1.66. The molecule has 2 N–H and O–H groups in total. The molecule has 0 radical (unpaired) electrons. The van der Waals surface area contributed by atoms with Gasteiger partial charge < -0.3 is 5.73 Å². The maximum absolute atomic E-state index is 11.8. The van der Waals surface area contributed by atoms with E-state index in [1.807, 2.05) is 37.4 Å². The highest BCUT2D eigenvalue weighted by atomic mass is 32.2. The maximum Gasteiger partial charge on any atom is 0.269 e. The van der Waals surface area contributed by atoms with Gasteiger partial charge in [-0.2, -0.15) is 10.4 Å². The highest BCUT2D eigenvalue weighted by Gasteiger charge is 2.20. The molecule has 124 valence electrons. The highest BCUT2D eigenvalue weighted by Crippen LogP contribution is 2.30. The van der Waals surface area contributed by atoms with Crippen LogP contribution in [0.3, 0.4) is 0 Å². The molecule has 0 unspecified atom stereocenters. The summed E-state index contributed by atoms with van der Waals surface area (Å²) in [5.74, 6) is -0.563. The number of nitrogens with two attached hydrogens (primary N) is 1. The monoisotopic (exact) mass is 348 g/mol. The lowest BCUT2D eigenvalue weighted by molar-refractivity contribution is 0.0994. The number of nitriles is 1. The SMILES string of the molecule is CSc1ccc(-c2c(C)c(C(N)=O)nn2-c2ccc(C#N)cc2)cc1. The Morgan fingerprint density at radius 3 is 2.32 bits per heavy atom. The van der Waals surface area contributed by atoms with E-state index in [0.717, 1.165) is 27.4 Å². The van der Waals surface area contributed by atoms with Gasteiger partial charge in [-0.15, -0.1) is 11.8 Å². The average molecular weight is 348 g/mol. The summed E-state index contributed by atoms with van der Waals surface area (Å²) in [6.45, 7) is 1.84. The van der Waals surface area contributed by atoms with Crippen molar-refractivity contribution in [3.63, 3.8) is 0 Å². The lowest BCUT2D eigenvalue weighted by Crippen LogP contribution is -2.13. The van der Waals surface area contributed by atoms with Crippen molar-refractivity contribution in [1.29, 1.82) is 5.26 Å². The molecule has 0 fully saturated rings. The minimum Gasteiger partial charge on any atom is -0.364 e. The molecule has 1 amide bonds. The molecule has 5 nitrogen and oxygen atoms in total. The summed E-state index contributed by atoms with van der Waals surface area (Å²) in [6, 6.07) is 17.2. The van der Waals surface area contributed by atoms with Crippen LogP contribution in [0.4, 0.5) is 0 Å². The van der Waals surface area contributed by atoms with Gasteiger partial charge in [-0.1, -0.05) is 12.1 Å². The zero-order valence-corrected chi connectivity index (χ0v) is 14.7. The number of rotatable bonds is 4. The summed E-state index contributed by atoms with van der Waals surface area (Å²) < 4.78 is 1.70. The number of benzene rings is 2. The number of amides is 1. The van der Waals surface area contributed by atoms with E-state index in [1.165, 1.54) is 0 Å². The smallest absolute Gasteiger partial charge is 0.269 e. The Bertz CT molecular complexity index is 966. The van der Waals surface area contributed by atoms with Crippen molar-refractivity contribution in [2.24, 2.45) is 5.73 Å². The average Bonchev–Trinajstić information content (AvgIpc) is 2.99. The van der Waals surface area contributed by atoms with Crippen LogP contribution >= 0.6 is 11.8 Å². The van der Waals surface area contributed by atoms with Gasteiger partial charge in [-0.25, -0.2) is 4.68 Å². The third-order valence-electron chi connectivity index (χ3n) is 3.96. The summed E-state index contributed by atoms with van der Waals surface area (Å²) in [5.41, 5.74) is 9.54. The predicted octanol–water partition coefficient (Wildman–Crippen LogP) is 3.54. The fraction of sp³-hybridized carbons (Fsp3) is 0.105. The highest BCUT2D eigenvalue weighted by molar-refractivity contribution is 7.98. The van der Waals surface area contributed by atoms with E-state index in [2.05, 4.69) is 11.2 Å². The van der Waals surface area contributed by atoms with E-state index < -0.39 is 5.91 Å². The first-order valence-electron chi connectivity index (χ1n) is 7.59. The molecular formula is C19H16N4OS. The molecule has 0 bridgehead atoms. The van der Waals surface area contributed by atoms with Crippen molar-refractivity contribution in [1.82, 2.24) is 9.78 Å². The number of nitrogens with zero attached hydrogens (tertiary/aromatic N) is 3. The van der Waals surface area contributed by atoms with Crippen molar-refractivity contribution in [2.75, 3.05) is 6.26 Å². The van der Waals surface area contributed by atoms with Crippen LogP contribution in [0.25, 0.3) is 16.9 Å². The lowest BCUT2D eigenvalue weighted by atomic mass is 10.1. The van der Waals surface area contributed by atoms with Crippen molar-refractivity contribution in [3.05, 3.63) is 65.4 Å². The van der Waals surface area contributed by atoms with Crippen LogP contribution < -0.4 is 5.73 Å². The Morgan fingerprint density at radius 2 is 1.80 bits per heavy atom. The second kappa shape index (κ2) is 6.83. The molecule has 0 atom stereocenters. The summed E-state index contributed by atoms with van der Waals surface area (Å²) in [4.78, 5) is 12.9. The molecule has 3 rings (SSSR count). The van der Waals surface area contributed by atoms with E-state index in [9.17, 15) is 4.79 Å². The van der Waals surface area contributed by atoms with Gasteiger partial charge in [0.15, 0.2) is 5.69 Å². The Balaban J connectivity index is 2.21. The fourth-order valence-corrected chi connectivity index (χ4v) is 3.09. The van der Waals surface area contributed by atoms with E-state index in [-0.39, 0.29) is 5.69 Å². The third kappa shape index (κ3) is 3.14. The second-order valence-electron chi connectivity index (χ2n) is 5.49. The molecule has 2 aromatic carbocycles. The van der Waals surface area contributed by atoms with Crippen LogP contribution in [0.15, 0.2) is 53.4 Å². The van der Waals surface area contributed by atoms with Crippen LogP contribution in [-0.2, 0) is 0 Å². The van der Waals surface area contributed by atoms with Gasteiger partial charge in [-0.05, 0) is 49.6 Å². The Kier molecular flexibility index (Phi) is 4.59. The number of aromatic nitrogens is 2. The first-order valence-corrected chi connectivity index (χ1v) is 8.82. The van der Waals surface area contributed by atoms with Crippen LogP contribution in [-0.4, -0.2) is 21.9 Å². The largest absolute Gasteiger partial charge is 0.364 e. The first-order chi connectivity index (χ1) is 12.0. The van der Waals surface area contributed by atoms with E-state index >= 15 is 0 Å². The van der Waals surface area contributed by atoms with Gasteiger partial charge in [0.25, 0.3) is 5.91 Å². The summed E-state index contributed by atoms with van der Waals surface area (Å²) in [5, 5.41) is 13.4. The van der Waals surface area contributed by atoms with Gasteiger partial charge in [0.1, 0.15) is 0 Å². The van der Waals surface area contributed by atoms with Crippen LogP contribution in [0.1, 0.15) is 21.6 Å². The van der Waals surface area contributed by atoms with Gasteiger partial charge >= 0.3 is 0 Å². The minimum absolute atomic E-state index is 0.244. The fourth-order valence-electron chi connectivity index (χ4n) is 2.68. The molecule has 0 spiro atoms. The van der Waals surface area contributed by atoms with E-state index in [0.29, 0.717) is 5.56 Å². The summed E-state index contributed by atoms with van der Waals surface area (Å²) in [7, 11) is 0. The lowest BCUT2D eigenvalue weighted by Gasteiger charge is -2.09. The summed E-state index contributed by atoms with van der Waals surface area (Å²) in [6.07, 6.45) is 2.02. The molecule has 1 heterocycles. The molecule has 1 aromatic heterocycles. The molecule has 0 saturated carbocycles. The third-order valence-corrected chi connectivity index (χ3v) is 4.70. The minimum atomic E-state index is -0.563. The number of hydrogen-bond donors (Lipinski definition) is 1. The molecule has 3 aromatic rings. The van der Waals surface area contributed by atoms with Crippen molar-refractivity contribution in [2.45, 2.75) is 11.8 Å². The van der Waals surface area contributed by atoms with Crippen LogP contribution in [0.2, 0.25) is 0 Å². The van der Waals surface area contributed by atoms with Crippen molar-refractivity contribution < 1.29 is 4.79 Å². The standard InChI is InChI=1S/C19H16N4OS/c1-12-17(19(21)24)22-23(15-7-3-13(11-20)4-8-15)18(12)14-5-9-16(25-2)10-6-14/h3-10H,1-2H3,(H2,21,24). The second-order valence-corrected chi connectivity index (χ2v) is 6.37. The maximum atomic E-state index is 11.8. The van der Waals surface area contributed by atoms with Crippen LogP contribution in [0.5, 0.6) is 0 Å². The molecule has 0 aliphatic rings. The van der Waals surface area contributed by atoms with Crippen molar-refractivity contribution >= 4 is 17.7 Å². The quantitative estimate of drug-likeness (QED) is 0.731. The molecule has 25 heavy (non-hydrogen) atoms. The van der Waals surface area contributed by atoms with Gasteiger partial charge in [0.2, 0.25) is 0 Å². The number of carbonyl (C=O) groups excluding carboxylic acids is 1. The first kappa shape index (κ1) is 16.8. The van der Waals surface area contributed by atoms with E-state index in [4.69, 9.17) is 11.0 Å². The Morgan fingerprint density at radius 1 is 1.16 bits per heavy atom.